The van der Waals surface area contributed by atoms with E-state index < -0.39 is 20.0 Å². The highest BCUT2D eigenvalue weighted by molar-refractivity contribution is 7.93. The molecule has 0 radical (unpaired) electrons. The maximum absolute atomic E-state index is 13.7. The number of hydrogen-bond acceptors (Lipinski definition) is 7. The summed E-state index contributed by atoms with van der Waals surface area (Å²) in [5, 5.41) is 0. The zero-order valence-electron chi connectivity index (χ0n) is 21.5. The number of rotatable bonds is 5. The molecule has 204 valence electrons. The number of amides is 1. The molecule has 4 aliphatic rings. The molecular weight excluding hydrogens is 526 g/mol. The first-order valence-electron chi connectivity index (χ1n) is 13.3. The van der Waals surface area contributed by atoms with Gasteiger partial charge in [-0.05, 0) is 67.9 Å². The molecule has 2 aromatic rings. The third-order valence-electron chi connectivity index (χ3n) is 7.95. The van der Waals surface area contributed by atoms with Crippen molar-refractivity contribution in [1.29, 1.82) is 0 Å². The van der Waals surface area contributed by atoms with E-state index in [4.69, 9.17) is 4.98 Å². The highest BCUT2D eigenvalue weighted by atomic mass is 32.2. The number of benzene rings is 1. The van der Waals surface area contributed by atoms with E-state index in [1.165, 1.54) is 27.0 Å². The molecular formula is C26H33N5O5S2. The van der Waals surface area contributed by atoms with Crippen LogP contribution in [-0.2, 0) is 20.0 Å². The van der Waals surface area contributed by atoms with Crippen molar-refractivity contribution in [2.75, 3.05) is 64.3 Å². The van der Waals surface area contributed by atoms with E-state index in [1.807, 2.05) is 6.20 Å². The molecule has 0 bridgehead atoms. The van der Waals surface area contributed by atoms with Gasteiger partial charge in [0.25, 0.3) is 5.91 Å². The van der Waals surface area contributed by atoms with Crippen LogP contribution in [0.25, 0.3) is 0 Å². The highest BCUT2D eigenvalue weighted by Gasteiger charge is 2.35. The molecule has 1 saturated carbocycles. The minimum absolute atomic E-state index is 0.0113. The predicted molar refractivity (Wildman–Crippen MR) is 147 cm³/mol. The summed E-state index contributed by atoms with van der Waals surface area (Å²) in [5.41, 5.74) is 3.39. The first-order valence-corrected chi connectivity index (χ1v) is 16.5. The first kappa shape index (κ1) is 25.4. The molecule has 3 saturated heterocycles. The Balaban J connectivity index is 1.24. The first-order chi connectivity index (χ1) is 18.1. The summed E-state index contributed by atoms with van der Waals surface area (Å²) in [5.74, 6) is 1.42. The van der Waals surface area contributed by atoms with Crippen LogP contribution in [0.5, 0.6) is 0 Å². The second-order valence-corrected chi connectivity index (χ2v) is 14.7. The van der Waals surface area contributed by atoms with E-state index in [-0.39, 0.29) is 35.2 Å². The lowest BCUT2D eigenvalue weighted by Crippen LogP contribution is -2.49. The van der Waals surface area contributed by atoms with Gasteiger partial charge in [0.2, 0.25) is 20.0 Å². The average Bonchev–Trinajstić information content (AvgIpc) is 3.60. The number of nitrogens with zero attached hydrogens (tertiary/aromatic N) is 5. The number of carbonyl (C=O) groups is 1. The van der Waals surface area contributed by atoms with Gasteiger partial charge in [-0.3, -0.25) is 13.4 Å². The molecule has 1 amide bonds. The van der Waals surface area contributed by atoms with Gasteiger partial charge < -0.3 is 9.80 Å². The predicted octanol–water partition coefficient (Wildman–Crippen LogP) is 2.31. The fourth-order valence-electron chi connectivity index (χ4n) is 5.75. The summed E-state index contributed by atoms with van der Waals surface area (Å²) in [6, 6.07) is 6.99. The third-order valence-corrected chi connectivity index (χ3v) is 11.7. The van der Waals surface area contributed by atoms with Crippen molar-refractivity contribution in [2.45, 2.75) is 38.5 Å². The van der Waals surface area contributed by atoms with E-state index >= 15 is 0 Å². The van der Waals surface area contributed by atoms with Gasteiger partial charge in [-0.25, -0.2) is 21.8 Å². The molecule has 1 aromatic heterocycles. The second-order valence-electron chi connectivity index (χ2n) is 10.6. The number of hydrogen-bond donors (Lipinski definition) is 0. The van der Waals surface area contributed by atoms with Crippen molar-refractivity contribution in [3.63, 3.8) is 0 Å². The van der Waals surface area contributed by atoms with E-state index in [1.54, 1.807) is 23.1 Å². The lowest BCUT2D eigenvalue weighted by atomic mass is 10.1. The van der Waals surface area contributed by atoms with Gasteiger partial charge in [-0.1, -0.05) is 6.07 Å². The van der Waals surface area contributed by atoms with E-state index in [9.17, 15) is 21.6 Å². The molecule has 4 fully saturated rings. The molecule has 12 heteroatoms. The van der Waals surface area contributed by atoms with E-state index in [0.29, 0.717) is 57.2 Å². The molecule has 1 aromatic carbocycles. The van der Waals surface area contributed by atoms with Gasteiger partial charge in [-0.2, -0.15) is 0 Å². The van der Waals surface area contributed by atoms with Crippen molar-refractivity contribution in [2.24, 2.45) is 0 Å². The Bertz CT molecular complexity index is 1480. The van der Waals surface area contributed by atoms with Crippen LogP contribution < -0.4 is 13.5 Å². The molecule has 1 aliphatic carbocycles. The Kier molecular flexibility index (Phi) is 6.29. The lowest BCUT2D eigenvalue weighted by Gasteiger charge is -2.36. The molecule has 10 nitrogen and oxygen atoms in total. The highest BCUT2D eigenvalue weighted by Crippen LogP contribution is 2.41. The van der Waals surface area contributed by atoms with Gasteiger partial charge in [0.15, 0.2) is 0 Å². The largest absolute Gasteiger partial charge is 0.353 e. The summed E-state index contributed by atoms with van der Waals surface area (Å²) < 4.78 is 53.3. The fourth-order valence-corrected chi connectivity index (χ4v) is 8.88. The number of pyridine rings is 1. The van der Waals surface area contributed by atoms with Crippen LogP contribution in [0.1, 0.15) is 53.1 Å². The molecule has 6 rings (SSSR count). The van der Waals surface area contributed by atoms with Gasteiger partial charge >= 0.3 is 0 Å². The fraction of sp³-hybridized carbons (Fsp3) is 0.538. The Morgan fingerprint density at radius 1 is 0.868 bits per heavy atom. The number of piperazine rings is 1. The Morgan fingerprint density at radius 2 is 1.53 bits per heavy atom. The van der Waals surface area contributed by atoms with Crippen molar-refractivity contribution in [3.05, 3.63) is 47.2 Å². The maximum Gasteiger partial charge on any atom is 0.256 e. The maximum atomic E-state index is 13.7. The molecule has 4 heterocycles. The van der Waals surface area contributed by atoms with Crippen LogP contribution in [0.2, 0.25) is 0 Å². The number of carbonyl (C=O) groups excluding carboxylic acids is 1. The van der Waals surface area contributed by atoms with Gasteiger partial charge in [-0.15, -0.1) is 0 Å². The van der Waals surface area contributed by atoms with Crippen molar-refractivity contribution >= 4 is 43.1 Å². The lowest BCUT2D eigenvalue weighted by molar-refractivity contribution is 0.0747. The van der Waals surface area contributed by atoms with E-state index in [0.717, 1.165) is 11.4 Å². The van der Waals surface area contributed by atoms with Crippen LogP contribution in [0.4, 0.5) is 17.2 Å². The van der Waals surface area contributed by atoms with Gasteiger partial charge in [0, 0.05) is 45.5 Å². The zero-order chi connectivity index (χ0) is 26.7. The quantitative estimate of drug-likeness (QED) is 0.553. The van der Waals surface area contributed by atoms with E-state index in [2.05, 4.69) is 17.9 Å². The Hall–Kier alpha value is -2.86. The molecule has 0 spiro atoms. The smallest absolute Gasteiger partial charge is 0.256 e. The second kappa shape index (κ2) is 9.41. The average molecular weight is 560 g/mol. The minimum Gasteiger partial charge on any atom is -0.353 e. The normalized spacial score (nSPS) is 22.8. The van der Waals surface area contributed by atoms with Gasteiger partial charge in [0.05, 0.1) is 28.4 Å². The third kappa shape index (κ3) is 4.61. The number of anilines is 3. The van der Waals surface area contributed by atoms with Crippen molar-refractivity contribution < 1.29 is 21.6 Å². The standard InChI is InChI=1S/C26H33N5O5S2/c1-19-16-21(20-4-5-20)18-27-25(19)28-10-12-29(13-11-28)26(32)23-7-6-22(30-8-2-14-37(30,33)34)17-24(23)31-9-3-15-38(31,35)36/h6-7,16-18,20H,2-5,8-15H2,1H3. The summed E-state index contributed by atoms with van der Waals surface area (Å²) in [4.78, 5) is 22.4. The van der Waals surface area contributed by atoms with Crippen LogP contribution in [0.15, 0.2) is 30.5 Å². The molecule has 0 atom stereocenters. The van der Waals surface area contributed by atoms with Crippen LogP contribution in [-0.4, -0.2) is 83.4 Å². The van der Waals surface area contributed by atoms with Crippen LogP contribution >= 0.6 is 0 Å². The van der Waals surface area contributed by atoms with Crippen molar-refractivity contribution in [1.82, 2.24) is 9.88 Å². The molecule has 3 aliphatic heterocycles. The molecule has 38 heavy (non-hydrogen) atoms. The Labute approximate surface area is 224 Å². The number of sulfonamides is 2. The SMILES string of the molecule is Cc1cc(C2CC2)cnc1N1CCN(C(=O)c2ccc(N3CCCS3(=O)=O)cc2N2CCCS2(=O)=O)CC1. The summed E-state index contributed by atoms with van der Waals surface area (Å²) >= 11 is 0. The summed E-state index contributed by atoms with van der Waals surface area (Å²) in [7, 11) is -7.02. The Morgan fingerprint density at radius 3 is 2.11 bits per heavy atom. The summed E-state index contributed by atoms with van der Waals surface area (Å²) in [6.07, 6.45) is 5.42. The van der Waals surface area contributed by atoms with Crippen LogP contribution in [0, 0.1) is 6.92 Å². The summed E-state index contributed by atoms with van der Waals surface area (Å²) in [6.45, 7) is 4.93. The minimum atomic E-state index is -3.57. The van der Waals surface area contributed by atoms with Crippen molar-refractivity contribution in [3.8, 4) is 0 Å². The zero-order valence-corrected chi connectivity index (χ0v) is 23.2. The van der Waals surface area contributed by atoms with Crippen LogP contribution in [0.3, 0.4) is 0 Å². The topological polar surface area (TPSA) is 111 Å². The molecule has 0 unspecified atom stereocenters. The van der Waals surface area contributed by atoms with Gasteiger partial charge in [0.1, 0.15) is 5.82 Å². The molecule has 0 N–H and O–H groups in total. The number of aryl methyl sites for hydroxylation is 1. The monoisotopic (exact) mass is 559 g/mol. The number of aromatic nitrogens is 1.